The van der Waals surface area contributed by atoms with Crippen molar-refractivity contribution in [2.45, 2.75) is 57.9 Å². The molecule has 2 aliphatic heterocycles. The maximum atomic E-state index is 3.69. The van der Waals surface area contributed by atoms with E-state index in [-0.39, 0.29) is 0 Å². The third-order valence-electron chi connectivity index (χ3n) is 4.61. The Morgan fingerprint density at radius 1 is 1.05 bits per heavy atom. The lowest BCUT2D eigenvalue weighted by Gasteiger charge is -2.33. The molecular formula is C16H33N3. The van der Waals surface area contributed by atoms with Crippen molar-refractivity contribution in [1.82, 2.24) is 15.1 Å². The van der Waals surface area contributed by atoms with Crippen molar-refractivity contribution in [3.8, 4) is 0 Å². The first-order valence-electron chi connectivity index (χ1n) is 8.56. The quantitative estimate of drug-likeness (QED) is 0.764. The van der Waals surface area contributed by atoms with Crippen LogP contribution in [0, 0.1) is 0 Å². The molecule has 19 heavy (non-hydrogen) atoms. The van der Waals surface area contributed by atoms with Gasteiger partial charge in [-0.15, -0.1) is 0 Å². The molecule has 0 spiro atoms. The average Bonchev–Trinajstić information content (AvgIpc) is 2.47. The van der Waals surface area contributed by atoms with Gasteiger partial charge in [0.1, 0.15) is 0 Å². The van der Waals surface area contributed by atoms with Crippen molar-refractivity contribution in [2.75, 3.05) is 45.8 Å². The summed E-state index contributed by atoms with van der Waals surface area (Å²) in [5.41, 5.74) is 0. The van der Waals surface area contributed by atoms with Gasteiger partial charge in [0.15, 0.2) is 0 Å². The smallest absolute Gasteiger partial charge is 0.0195 e. The Kier molecular flexibility index (Phi) is 7.18. The van der Waals surface area contributed by atoms with E-state index in [2.05, 4.69) is 22.0 Å². The van der Waals surface area contributed by atoms with E-state index in [4.69, 9.17) is 0 Å². The molecule has 0 aromatic carbocycles. The molecule has 3 nitrogen and oxygen atoms in total. The number of hydrogen-bond acceptors (Lipinski definition) is 3. The van der Waals surface area contributed by atoms with Gasteiger partial charge in [-0.3, -0.25) is 0 Å². The Bertz CT molecular complexity index is 220. The van der Waals surface area contributed by atoms with Gasteiger partial charge in [-0.05, 0) is 58.3 Å². The van der Waals surface area contributed by atoms with Gasteiger partial charge in [0.05, 0.1) is 0 Å². The van der Waals surface area contributed by atoms with Crippen molar-refractivity contribution < 1.29 is 0 Å². The maximum absolute atomic E-state index is 3.69. The lowest BCUT2D eigenvalue weighted by atomic mass is 10.0. The van der Waals surface area contributed by atoms with Crippen LogP contribution in [0.4, 0.5) is 0 Å². The Labute approximate surface area is 119 Å². The lowest BCUT2D eigenvalue weighted by Crippen LogP contribution is -2.46. The molecule has 2 heterocycles. The van der Waals surface area contributed by atoms with Crippen molar-refractivity contribution in [3.05, 3.63) is 0 Å². The number of hydrogen-bond donors (Lipinski definition) is 1. The molecule has 1 atom stereocenters. The molecule has 0 radical (unpaired) electrons. The lowest BCUT2D eigenvalue weighted by molar-refractivity contribution is 0.167. The van der Waals surface area contributed by atoms with E-state index in [1.54, 1.807) is 0 Å². The van der Waals surface area contributed by atoms with E-state index in [1.807, 2.05) is 0 Å². The summed E-state index contributed by atoms with van der Waals surface area (Å²) >= 11 is 0. The molecule has 1 unspecified atom stereocenters. The van der Waals surface area contributed by atoms with E-state index in [1.165, 1.54) is 90.8 Å². The van der Waals surface area contributed by atoms with Gasteiger partial charge < -0.3 is 15.1 Å². The summed E-state index contributed by atoms with van der Waals surface area (Å²) in [5, 5.41) is 3.69. The summed E-state index contributed by atoms with van der Waals surface area (Å²) in [5.74, 6) is 0. The zero-order valence-corrected chi connectivity index (χ0v) is 12.9. The summed E-state index contributed by atoms with van der Waals surface area (Å²) in [4.78, 5) is 5.36. The molecule has 2 aliphatic rings. The van der Waals surface area contributed by atoms with Crippen molar-refractivity contribution in [1.29, 1.82) is 0 Å². The van der Waals surface area contributed by atoms with Crippen molar-refractivity contribution in [2.24, 2.45) is 0 Å². The van der Waals surface area contributed by atoms with Crippen LogP contribution < -0.4 is 5.32 Å². The Hall–Kier alpha value is -0.120. The molecule has 0 saturated carbocycles. The molecular weight excluding hydrogens is 234 g/mol. The molecule has 2 rings (SSSR count). The fraction of sp³-hybridized carbons (Fsp3) is 1.00. The van der Waals surface area contributed by atoms with Crippen LogP contribution in [-0.4, -0.2) is 61.7 Å². The largest absolute Gasteiger partial charge is 0.313 e. The third-order valence-corrected chi connectivity index (χ3v) is 4.61. The fourth-order valence-corrected chi connectivity index (χ4v) is 3.47. The van der Waals surface area contributed by atoms with Crippen LogP contribution in [0.5, 0.6) is 0 Å². The molecule has 0 aromatic rings. The second kappa shape index (κ2) is 8.93. The van der Waals surface area contributed by atoms with E-state index in [0.717, 1.165) is 6.04 Å². The number of likely N-dealkylation sites (tertiary alicyclic amines) is 1. The van der Waals surface area contributed by atoms with Crippen LogP contribution in [-0.2, 0) is 0 Å². The predicted octanol–water partition coefficient (Wildman–Crippen LogP) is 2.33. The molecule has 2 fully saturated rings. The van der Waals surface area contributed by atoms with Crippen LogP contribution in [0.25, 0.3) is 0 Å². The maximum Gasteiger partial charge on any atom is 0.0195 e. The number of nitrogens with one attached hydrogen (secondary N) is 1. The summed E-state index contributed by atoms with van der Waals surface area (Å²) in [6.07, 6.45) is 9.73. The summed E-state index contributed by atoms with van der Waals surface area (Å²) in [7, 11) is 0. The summed E-state index contributed by atoms with van der Waals surface area (Å²) < 4.78 is 0. The standard InChI is InChI=1S/C16H33N3/c1-2-10-19(15-16-8-4-5-9-17-16)14-13-18-11-6-3-7-12-18/h16-17H,2-15H2,1H3. The van der Waals surface area contributed by atoms with Crippen molar-refractivity contribution >= 4 is 0 Å². The third kappa shape index (κ3) is 5.80. The molecule has 3 heteroatoms. The SMILES string of the molecule is CCCN(CCN1CCCCC1)CC1CCCCN1. The first-order valence-corrected chi connectivity index (χ1v) is 8.56. The average molecular weight is 267 g/mol. The van der Waals surface area contributed by atoms with Crippen LogP contribution in [0.2, 0.25) is 0 Å². The fourth-order valence-electron chi connectivity index (χ4n) is 3.47. The topological polar surface area (TPSA) is 18.5 Å². The van der Waals surface area contributed by atoms with E-state index < -0.39 is 0 Å². The van der Waals surface area contributed by atoms with Gasteiger partial charge in [0.25, 0.3) is 0 Å². The van der Waals surface area contributed by atoms with Crippen molar-refractivity contribution in [3.63, 3.8) is 0 Å². The van der Waals surface area contributed by atoms with Crippen LogP contribution in [0.3, 0.4) is 0 Å². The molecule has 2 saturated heterocycles. The first kappa shape index (κ1) is 15.3. The highest BCUT2D eigenvalue weighted by molar-refractivity contribution is 4.77. The molecule has 0 bridgehead atoms. The summed E-state index contributed by atoms with van der Waals surface area (Å²) in [6.45, 7) is 11.3. The number of nitrogens with zero attached hydrogens (tertiary/aromatic N) is 2. The van der Waals surface area contributed by atoms with Gasteiger partial charge in [0.2, 0.25) is 0 Å². The minimum absolute atomic E-state index is 0.752. The molecule has 0 aliphatic carbocycles. The molecule has 112 valence electrons. The Morgan fingerprint density at radius 3 is 2.58 bits per heavy atom. The van der Waals surface area contributed by atoms with Gasteiger partial charge >= 0.3 is 0 Å². The highest BCUT2D eigenvalue weighted by Gasteiger charge is 2.17. The van der Waals surface area contributed by atoms with Gasteiger partial charge in [-0.2, -0.15) is 0 Å². The van der Waals surface area contributed by atoms with Gasteiger partial charge in [0, 0.05) is 25.7 Å². The predicted molar refractivity (Wildman–Crippen MR) is 82.7 cm³/mol. The number of piperidine rings is 2. The van der Waals surface area contributed by atoms with E-state index in [0.29, 0.717) is 0 Å². The Balaban J connectivity index is 1.68. The van der Waals surface area contributed by atoms with Crippen LogP contribution in [0.15, 0.2) is 0 Å². The zero-order valence-electron chi connectivity index (χ0n) is 12.9. The summed E-state index contributed by atoms with van der Waals surface area (Å²) in [6, 6.07) is 0.752. The van der Waals surface area contributed by atoms with E-state index >= 15 is 0 Å². The van der Waals surface area contributed by atoms with E-state index in [9.17, 15) is 0 Å². The minimum atomic E-state index is 0.752. The monoisotopic (exact) mass is 267 g/mol. The molecule has 0 aromatic heterocycles. The Morgan fingerprint density at radius 2 is 1.89 bits per heavy atom. The van der Waals surface area contributed by atoms with Gasteiger partial charge in [-0.25, -0.2) is 0 Å². The molecule has 0 amide bonds. The second-order valence-electron chi connectivity index (χ2n) is 6.35. The number of rotatable bonds is 7. The first-order chi connectivity index (χ1) is 9.38. The minimum Gasteiger partial charge on any atom is -0.313 e. The van der Waals surface area contributed by atoms with Crippen LogP contribution in [0.1, 0.15) is 51.9 Å². The zero-order chi connectivity index (χ0) is 13.3. The van der Waals surface area contributed by atoms with Gasteiger partial charge in [-0.1, -0.05) is 19.8 Å². The second-order valence-corrected chi connectivity index (χ2v) is 6.35. The highest BCUT2D eigenvalue weighted by Crippen LogP contribution is 2.11. The highest BCUT2D eigenvalue weighted by atomic mass is 15.2. The molecule has 1 N–H and O–H groups in total. The normalized spacial score (nSPS) is 25.9. The van der Waals surface area contributed by atoms with Crippen LogP contribution >= 0.6 is 0 Å².